The van der Waals surface area contributed by atoms with Crippen molar-refractivity contribution in [1.29, 1.82) is 0 Å². The molecule has 0 fully saturated rings. The molecular formula is C32H62O4. The summed E-state index contributed by atoms with van der Waals surface area (Å²) in [4.78, 5) is 23.7. The first kappa shape index (κ1) is 34.9. The van der Waals surface area contributed by atoms with Gasteiger partial charge in [-0.05, 0) is 31.6 Å². The molecule has 0 saturated carbocycles. The summed E-state index contributed by atoms with van der Waals surface area (Å²) in [6.45, 7) is 8.99. The zero-order valence-electron chi connectivity index (χ0n) is 24.8. The van der Waals surface area contributed by atoms with E-state index in [1.165, 1.54) is 103 Å². The Morgan fingerprint density at radius 3 is 1.31 bits per heavy atom. The largest absolute Gasteiger partial charge is 0.466 e. The van der Waals surface area contributed by atoms with Crippen LogP contribution in [-0.4, -0.2) is 24.6 Å². The molecular weight excluding hydrogens is 448 g/mol. The van der Waals surface area contributed by atoms with Gasteiger partial charge in [-0.3, -0.25) is 9.59 Å². The monoisotopic (exact) mass is 510 g/mol. The molecule has 0 N–H and O–H groups in total. The first-order chi connectivity index (χ1) is 17.5. The van der Waals surface area contributed by atoms with Crippen LogP contribution in [0.25, 0.3) is 0 Å². The number of carbonyl (C=O) groups is 2. The molecule has 0 aliphatic carbocycles. The highest BCUT2D eigenvalue weighted by Gasteiger charge is 2.16. The van der Waals surface area contributed by atoms with Crippen LogP contribution in [0.15, 0.2) is 0 Å². The van der Waals surface area contributed by atoms with E-state index in [9.17, 15) is 9.59 Å². The maximum Gasteiger partial charge on any atom is 0.306 e. The molecule has 0 heterocycles. The van der Waals surface area contributed by atoms with E-state index in [4.69, 9.17) is 9.47 Å². The minimum absolute atomic E-state index is 0.00293. The van der Waals surface area contributed by atoms with Crippen molar-refractivity contribution >= 4 is 11.9 Å². The van der Waals surface area contributed by atoms with Crippen LogP contribution < -0.4 is 0 Å². The molecule has 0 saturated heterocycles. The Balaban J connectivity index is 3.30. The Labute approximate surface area is 225 Å². The lowest BCUT2D eigenvalue weighted by molar-refractivity contribution is -0.152. The molecule has 0 bridgehead atoms. The van der Waals surface area contributed by atoms with Gasteiger partial charge in [0.2, 0.25) is 0 Å². The van der Waals surface area contributed by atoms with E-state index in [0.717, 1.165) is 19.3 Å². The summed E-state index contributed by atoms with van der Waals surface area (Å²) in [6, 6.07) is 0. The fraction of sp³-hybridized carbons (Fsp3) is 0.938. The summed E-state index contributed by atoms with van der Waals surface area (Å²) in [6.07, 6.45) is 27.4. The van der Waals surface area contributed by atoms with Crippen molar-refractivity contribution in [3.05, 3.63) is 0 Å². The predicted octanol–water partition coefficient (Wildman–Crippen LogP) is 10.1. The Morgan fingerprint density at radius 2 is 0.917 bits per heavy atom. The number of ether oxygens (including phenoxy) is 2. The molecule has 0 aliphatic heterocycles. The lowest BCUT2D eigenvalue weighted by atomic mass is 10.0. The zero-order chi connectivity index (χ0) is 26.7. The first-order valence-electron chi connectivity index (χ1n) is 15.9. The highest BCUT2D eigenvalue weighted by Crippen LogP contribution is 2.15. The van der Waals surface area contributed by atoms with Gasteiger partial charge in [0.1, 0.15) is 6.10 Å². The van der Waals surface area contributed by atoms with Crippen molar-refractivity contribution in [1.82, 2.24) is 0 Å². The van der Waals surface area contributed by atoms with Gasteiger partial charge < -0.3 is 9.47 Å². The Hall–Kier alpha value is -1.06. The summed E-state index contributed by atoms with van der Waals surface area (Å²) in [5.41, 5.74) is 0. The Kier molecular flexibility index (Phi) is 26.2. The van der Waals surface area contributed by atoms with Gasteiger partial charge in [0.25, 0.3) is 0 Å². The topological polar surface area (TPSA) is 52.6 Å². The fourth-order valence-corrected chi connectivity index (χ4v) is 4.72. The van der Waals surface area contributed by atoms with Crippen LogP contribution in [0, 0.1) is 5.92 Å². The SMILES string of the molecule is CCCCCCCCCCCCCCCCCCCCOC(=O)CCCCC(=O)OC(CC)C(C)C. The predicted molar refractivity (Wildman–Crippen MR) is 153 cm³/mol. The van der Waals surface area contributed by atoms with Crippen LogP contribution in [0.2, 0.25) is 0 Å². The van der Waals surface area contributed by atoms with Gasteiger partial charge in [-0.25, -0.2) is 0 Å². The van der Waals surface area contributed by atoms with Gasteiger partial charge in [-0.1, -0.05) is 137 Å². The Morgan fingerprint density at radius 1 is 0.528 bits per heavy atom. The van der Waals surface area contributed by atoms with Crippen LogP contribution in [-0.2, 0) is 19.1 Å². The van der Waals surface area contributed by atoms with Crippen molar-refractivity contribution < 1.29 is 19.1 Å². The second-order valence-electron chi connectivity index (χ2n) is 11.1. The van der Waals surface area contributed by atoms with Gasteiger partial charge in [0.15, 0.2) is 0 Å². The van der Waals surface area contributed by atoms with Gasteiger partial charge in [0, 0.05) is 12.8 Å². The highest BCUT2D eigenvalue weighted by molar-refractivity contribution is 5.70. The number of unbranched alkanes of at least 4 members (excludes halogenated alkanes) is 18. The summed E-state index contributed by atoms with van der Waals surface area (Å²) in [5.74, 6) is 0.0554. The summed E-state index contributed by atoms with van der Waals surface area (Å²) >= 11 is 0. The van der Waals surface area contributed by atoms with Crippen molar-refractivity contribution in [2.45, 2.75) is 181 Å². The number of esters is 2. The maximum atomic E-state index is 11.9. The second-order valence-corrected chi connectivity index (χ2v) is 11.1. The van der Waals surface area contributed by atoms with Gasteiger partial charge in [-0.15, -0.1) is 0 Å². The minimum atomic E-state index is -0.150. The van der Waals surface area contributed by atoms with Crippen LogP contribution in [0.1, 0.15) is 175 Å². The number of carbonyl (C=O) groups excluding carboxylic acids is 2. The van der Waals surface area contributed by atoms with Gasteiger partial charge in [-0.2, -0.15) is 0 Å². The van der Waals surface area contributed by atoms with E-state index >= 15 is 0 Å². The molecule has 1 atom stereocenters. The van der Waals surface area contributed by atoms with E-state index in [1.807, 2.05) is 6.92 Å². The second kappa shape index (κ2) is 27.0. The molecule has 214 valence electrons. The zero-order valence-corrected chi connectivity index (χ0v) is 24.8. The average molecular weight is 511 g/mol. The molecule has 0 aromatic heterocycles. The van der Waals surface area contributed by atoms with Crippen LogP contribution >= 0.6 is 0 Å². The summed E-state index contributed by atoms with van der Waals surface area (Å²) in [5, 5.41) is 0. The quantitative estimate of drug-likeness (QED) is 0.0814. The molecule has 36 heavy (non-hydrogen) atoms. The highest BCUT2D eigenvalue weighted by atomic mass is 16.5. The molecule has 4 heteroatoms. The molecule has 0 spiro atoms. The number of hydrogen-bond donors (Lipinski definition) is 0. The van der Waals surface area contributed by atoms with Crippen molar-refractivity contribution in [2.75, 3.05) is 6.61 Å². The molecule has 0 rings (SSSR count). The van der Waals surface area contributed by atoms with Crippen molar-refractivity contribution in [2.24, 2.45) is 5.92 Å². The normalized spacial score (nSPS) is 12.1. The number of hydrogen-bond acceptors (Lipinski definition) is 4. The maximum absolute atomic E-state index is 11.9. The molecule has 1 unspecified atom stereocenters. The lowest BCUT2D eigenvalue weighted by Crippen LogP contribution is -2.22. The van der Waals surface area contributed by atoms with E-state index in [2.05, 4.69) is 20.8 Å². The Bertz CT molecular complexity index is 489. The lowest BCUT2D eigenvalue weighted by Gasteiger charge is -2.19. The van der Waals surface area contributed by atoms with Crippen LogP contribution in [0.5, 0.6) is 0 Å². The minimum Gasteiger partial charge on any atom is -0.466 e. The smallest absolute Gasteiger partial charge is 0.306 e. The van der Waals surface area contributed by atoms with Crippen LogP contribution in [0.4, 0.5) is 0 Å². The first-order valence-corrected chi connectivity index (χ1v) is 15.9. The van der Waals surface area contributed by atoms with Crippen molar-refractivity contribution in [3.63, 3.8) is 0 Å². The third kappa shape index (κ3) is 24.6. The average Bonchev–Trinajstić information content (AvgIpc) is 2.86. The molecule has 0 aromatic carbocycles. The molecule has 0 aromatic rings. The molecule has 0 aliphatic rings. The van der Waals surface area contributed by atoms with Crippen LogP contribution in [0.3, 0.4) is 0 Å². The summed E-state index contributed by atoms with van der Waals surface area (Å²) in [7, 11) is 0. The van der Waals surface area contributed by atoms with E-state index in [1.54, 1.807) is 0 Å². The third-order valence-corrected chi connectivity index (χ3v) is 7.20. The van der Waals surface area contributed by atoms with Gasteiger partial charge in [0.05, 0.1) is 6.61 Å². The van der Waals surface area contributed by atoms with E-state index in [0.29, 0.717) is 38.2 Å². The summed E-state index contributed by atoms with van der Waals surface area (Å²) < 4.78 is 10.8. The molecule has 4 nitrogen and oxygen atoms in total. The number of rotatable bonds is 27. The van der Waals surface area contributed by atoms with E-state index < -0.39 is 0 Å². The standard InChI is InChI=1S/C32H62O4/c1-5-7-8-9-10-11-12-13-14-15-16-17-18-19-20-21-22-25-28-35-31(33)26-23-24-27-32(34)36-30(6-2)29(3)4/h29-30H,5-28H2,1-4H3. The van der Waals surface area contributed by atoms with E-state index in [-0.39, 0.29) is 18.0 Å². The van der Waals surface area contributed by atoms with Crippen molar-refractivity contribution in [3.8, 4) is 0 Å². The molecule has 0 radical (unpaired) electrons. The third-order valence-electron chi connectivity index (χ3n) is 7.20. The van der Waals surface area contributed by atoms with Gasteiger partial charge >= 0.3 is 11.9 Å². The molecule has 0 amide bonds. The fourth-order valence-electron chi connectivity index (χ4n) is 4.72.